The quantitative estimate of drug-likeness (QED) is 0.689. The number of nitrogens with zero attached hydrogens (tertiary/aromatic N) is 1. The molecule has 150 valence electrons. The SMILES string of the molecule is CCNC(=O)[C@@H](CC)N(Cc1ccccc1Cl)C(=O)COc1ccccc1F. The Labute approximate surface area is 169 Å². The molecule has 0 fully saturated rings. The first-order valence-electron chi connectivity index (χ1n) is 9.15. The molecule has 1 atom stereocenters. The Hall–Kier alpha value is -2.60. The van der Waals surface area contributed by atoms with Crippen molar-refractivity contribution in [2.75, 3.05) is 13.2 Å². The van der Waals surface area contributed by atoms with Crippen LogP contribution in [0.1, 0.15) is 25.8 Å². The van der Waals surface area contributed by atoms with Gasteiger partial charge < -0.3 is 15.0 Å². The Balaban J connectivity index is 2.23. The van der Waals surface area contributed by atoms with Crippen LogP contribution in [0.25, 0.3) is 0 Å². The van der Waals surface area contributed by atoms with Crippen molar-refractivity contribution in [3.05, 3.63) is 64.9 Å². The normalized spacial score (nSPS) is 11.6. The Morgan fingerprint density at radius 1 is 1.14 bits per heavy atom. The highest BCUT2D eigenvalue weighted by molar-refractivity contribution is 6.31. The van der Waals surface area contributed by atoms with E-state index in [9.17, 15) is 14.0 Å². The fourth-order valence-corrected chi connectivity index (χ4v) is 3.00. The average molecular weight is 407 g/mol. The minimum atomic E-state index is -0.687. The molecule has 0 aliphatic carbocycles. The predicted octanol–water partition coefficient (Wildman–Crippen LogP) is 3.80. The number of carbonyl (C=O) groups excluding carboxylic acids is 2. The lowest BCUT2D eigenvalue weighted by atomic mass is 10.1. The Morgan fingerprint density at radius 2 is 1.82 bits per heavy atom. The average Bonchev–Trinajstić information content (AvgIpc) is 2.68. The topological polar surface area (TPSA) is 58.6 Å². The summed E-state index contributed by atoms with van der Waals surface area (Å²) in [5.74, 6) is -1.25. The molecule has 28 heavy (non-hydrogen) atoms. The van der Waals surface area contributed by atoms with Gasteiger partial charge in [0.1, 0.15) is 6.04 Å². The van der Waals surface area contributed by atoms with Gasteiger partial charge in [-0.15, -0.1) is 0 Å². The molecule has 2 aromatic rings. The molecular weight excluding hydrogens is 383 g/mol. The summed E-state index contributed by atoms with van der Waals surface area (Å²) in [5, 5.41) is 3.25. The first kappa shape index (κ1) is 21.7. The van der Waals surface area contributed by atoms with Crippen molar-refractivity contribution in [1.82, 2.24) is 10.2 Å². The third-order valence-corrected chi connectivity index (χ3v) is 4.59. The smallest absolute Gasteiger partial charge is 0.261 e. The summed E-state index contributed by atoms with van der Waals surface area (Å²) in [6, 6.07) is 12.3. The summed E-state index contributed by atoms with van der Waals surface area (Å²) in [5.41, 5.74) is 0.714. The maximum atomic E-state index is 13.8. The molecule has 2 amide bonds. The van der Waals surface area contributed by atoms with Gasteiger partial charge in [0.2, 0.25) is 5.91 Å². The van der Waals surface area contributed by atoms with Gasteiger partial charge in [0.25, 0.3) is 5.91 Å². The van der Waals surface area contributed by atoms with E-state index in [1.54, 1.807) is 24.3 Å². The number of benzene rings is 2. The van der Waals surface area contributed by atoms with E-state index < -0.39 is 17.8 Å². The fraction of sp³-hybridized carbons (Fsp3) is 0.333. The number of para-hydroxylation sites is 1. The van der Waals surface area contributed by atoms with E-state index in [1.165, 1.54) is 23.1 Å². The highest BCUT2D eigenvalue weighted by Crippen LogP contribution is 2.20. The standard InChI is InChI=1S/C21H24ClFN2O3/c1-3-18(21(27)24-4-2)25(13-15-9-5-6-10-16(15)22)20(26)14-28-19-12-8-7-11-17(19)23/h5-12,18H,3-4,13-14H2,1-2H3,(H,24,27)/t18-/m1/s1. The van der Waals surface area contributed by atoms with Crippen molar-refractivity contribution < 1.29 is 18.7 Å². The molecule has 0 aromatic heterocycles. The van der Waals surface area contributed by atoms with E-state index in [1.807, 2.05) is 19.9 Å². The monoisotopic (exact) mass is 406 g/mol. The fourth-order valence-electron chi connectivity index (χ4n) is 2.81. The van der Waals surface area contributed by atoms with Gasteiger partial charge in [-0.1, -0.05) is 48.9 Å². The van der Waals surface area contributed by atoms with Gasteiger partial charge in [-0.05, 0) is 37.1 Å². The molecule has 0 aliphatic rings. The second kappa shape index (κ2) is 10.7. The van der Waals surface area contributed by atoms with E-state index >= 15 is 0 Å². The molecule has 0 unspecified atom stereocenters. The van der Waals surface area contributed by atoms with Crippen molar-refractivity contribution in [2.45, 2.75) is 32.9 Å². The largest absolute Gasteiger partial charge is 0.481 e. The molecule has 0 radical (unpaired) electrons. The second-order valence-corrected chi connectivity index (χ2v) is 6.56. The van der Waals surface area contributed by atoms with Gasteiger partial charge >= 0.3 is 0 Å². The van der Waals surface area contributed by atoms with Gasteiger partial charge in [0.05, 0.1) is 0 Å². The first-order valence-corrected chi connectivity index (χ1v) is 9.53. The van der Waals surface area contributed by atoms with Crippen molar-refractivity contribution in [1.29, 1.82) is 0 Å². The number of carbonyl (C=O) groups is 2. The lowest BCUT2D eigenvalue weighted by Crippen LogP contribution is -2.50. The molecule has 0 saturated heterocycles. The Kier molecular flexibility index (Phi) is 8.26. The summed E-state index contributed by atoms with van der Waals surface area (Å²) in [7, 11) is 0. The molecular formula is C21H24ClFN2O3. The van der Waals surface area contributed by atoms with Crippen molar-refractivity contribution in [3.8, 4) is 5.75 Å². The maximum absolute atomic E-state index is 13.8. The van der Waals surface area contributed by atoms with Gasteiger partial charge in [-0.2, -0.15) is 0 Å². The Morgan fingerprint density at radius 3 is 2.46 bits per heavy atom. The molecule has 0 saturated carbocycles. The zero-order valence-corrected chi connectivity index (χ0v) is 16.7. The van der Waals surface area contributed by atoms with Gasteiger partial charge in [-0.25, -0.2) is 4.39 Å². The third kappa shape index (κ3) is 5.70. The second-order valence-electron chi connectivity index (χ2n) is 6.15. The summed E-state index contributed by atoms with van der Waals surface area (Å²) in [6.45, 7) is 3.85. The lowest BCUT2D eigenvalue weighted by molar-refractivity contribution is -0.143. The molecule has 1 N–H and O–H groups in total. The number of likely N-dealkylation sites (N-methyl/N-ethyl adjacent to an activating group) is 1. The number of hydrogen-bond donors (Lipinski definition) is 1. The van der Waals surface area contributed by atoms with Crippen LogP contribution in [0.2, 0.25) is 5.02 Å². The molecule has 2 rings (SSSR count). The summed E-state index contributed by atoms with van der Waals surface area (Å²) >= 11 is 6.24. The van der Waals surface area contributed by atoms with E-state index in [0.29, 0.717) is 23.6 Å². The van der Waals surface area contributed by atoms with Crippen LogP contribution in [0.5, 0.6) is 5.75 Å². The zero-order chi connectivity index (χ0) is 20.5. The minimum Gasteiger partial charge on any atom is -0.481 e. The molecule has 0 bridgehead atoms. The Bertz CT molecular complexity index is 816. The molecule has 5 nitrogen and oxygen atoms in total. The van der Waals surface area contributed by atoms with Crippen LogP contribution in [0.15, 0.2) is 48.5 Å². The number of rotatable bonds is 9. The summed E-state index contributed by atoms with van der Waals surface area (Å²) < 4.78 is 19.1. The third-order valence-electron chi connectivity index (χ3n) is 4.22. The summed E-state index contributed by atoms with van der Waals surface area (Å²) in [6.07, 6.45) is 0.418. The van der Waals surface area contributed by atoms with Crippen LogP contribution in [0.3, 0.4) is 0 Å². The van der Waals surface area contributed by atoms with Gasteiger partial charge in [-0.3, -0.25) is 9.59 Å². The molecule has 0 aliphatic heterocycles. The number of halogens is 2. The van der Waals surface area contributed by atoms with Crippen LogP contribution in [-0.2, 0) is 16.1 Å². The van der Waals surface area contributed by atoms with Crippen LogP contribution in [-0.4, -0.2) is 35.9 Å². The van der Waals surface area contributed by atoms with E-state index in [4.69, 9.17) is 16.3 Å². The number of nitrogens with one attached hydrogen (secondary N) is 1. The highest BCUT2D eigenvalue weighted by Gasteiger charge is 2.29. The molecule has 7 heteroatoms. The molecule has 0 heterocycles. The van der Waals surface area contributed by atoms with Gasteiger partial charge in [0.15, 0.2) is 18.2 Å². The van der Waals surface area contributed by atoms with Gasteiger partial charge in [0, 0.05) is 18.1 Å². The zero-order valence-electron chi connectivity index (χ0n) is 16.0. The number of ether oxygens (including phenoxy) is 1. The maximum Gasteiger partial charge on any atom is 0.261 e. The molecule has 2 aromatic carbocycles. The van der Waals surface area contributed by atoms with E-state index in [-0.39, 0.29) is 24.8 Å². The number of amides is 2. The number of hydrogen-bond acceptors (Lipinski definition) is 3. The predicted molar refractivity (Wildman–Crippen MR) is 107 cm³/mol. The van der Waals surface area contributed by atoms with E-state index in [0.717, 1.165) is 0 Å². The van der Waals surface area contributed by atoms with Crippen molar-refractivity contribution >= 4 is 23.4 Å². The highest BCUT2D eigenvalue weighted by atomic mass is 35.5. The van der Waals surface area contributed by atoms with E-state index in [2.05, 4.69) is 5.32 Å². The van der Waals surface area contributed by atoms with Crippen molar-refractivity contribution in [3.63, 3.8) is 0 Å². The molecule has 0 spiro atoms. The minimum absolute atomic E-state index is 0.0143. The lowest BCUT2D eigenvalue weighted by Gasteiger charge is -2.30. The van der Waals surface area contributed by atoms with Crippen molar-refractivity contribution in [2.24, 2.45) is 0 Å². The van der Waals surface area contributed by atoms with Crippen LogP contribution < -0.4 is 10.1 Å². The van der Waals surface area contributed by atoms with Crippen LogP contribution >= 0.6 is 11.6 Å². The summed E-state index contributed by atoms with van der Waals surface area (Å²) in [4.78, 5) is 26.8. The first-order chi connectivity index (χ1) is 13.5. The van der Waals surface area contributed by atoms with Crippen LogP contribution in [0, 0.1) is 5.82 Å². The van der Waals surface area contributed by atoms with Crippen LogP contribution in [0.4, 0.5) is 4.39 Å².